The summed E-state index contributed by atoms with van der Waals surface area (Å²) in [6.07, 6.45) is 1.52. The molecule has 0 atom stereocenters. The van der Waals surface area contributed by atoms with Gasteiger partial charge in [0.1, 0.15) is 17.5 Å². The van der Waals surface area contributed by atoms with E-state index in [0.29, 0.717) is 6.42 Å². The van der Waals surface area contributed by atoms with Gasteiger partial charge in [0, 0.05) is 11.1 Å². The van der Waals surface area contributed by atoms with E-state index in [0.717, 1.165) is 12.0 Å². The van der Waals surface area contributed by atoms with Crippen LogP contribution in [0.5, 0.6) is 0 Å². The van der Waals surface area contributed by atoms with Crippen molar-refractivity contribution in [1.29, 1.82) is 0 Å². The minimum absolute atomic E-state index is 0.0566. The normalized spacial score (nSPS) is 10.9. The molecule has 128 valence electrons. The average Bonchev–Trinajstić information content (AvgIpc) is 2.59. The molecule has 0 nitrogen and oxygen atoms in total. The van der Waals surface area contributed by atoms with Crippen LogP contribution in [0.4, 0.5) is 13.2 Å². The van der Waals surface area contributed by atoms with Crippen LogP contribution in [0.15, 0.2) is 54.6 Å². The minimum atomic E-state index is -0.669. The molecule has 0 spiro atoms. The van der Waals surface area contributed by atoms with Gasteiger partial charge in [-0.2, -0.15) is 0 Å². The smallest absolute Gasteiger partial charge is 0.131 e. The molecular formula is C22H19F3. The first kappa shape index (κ1) is 17.3. The van der Waals surface area contributed by atoms with Crippen LogP contribution in [0.2, 0.25) is 0 Å². The maximum Gasteiger partial charge on any atom is 0.131 e. The van der Waals surface area contributed by atoms with Crippen molar-refractivity contribution in [1.82, 2.24) is 0 Å². The highest BCUT2D eigenvalue weighted by Gasteiger charge is 2.12. The molecule has 3 aromatic carbocycles. The number of hydrogen-bond donors (Lipinski definition) is 0. The lowest BCUT2D eigenvalue weighted by Gasteiger charge is -2.09. The largest absolute Gasteiger partial charge is 0.207 e. The van der Waals surface area contributed by atoms with Crippen LogP contribution in [-0.4, -0.2) is 0 Å². The van der Waals surface area contributed by atoms with Crippen molar-refractivity contribution in [2.24, 2.45) is 0 Å². The summed E-state index contributed by atoms with van der Waals surface area (Å²) in [7, 11) is 0. The number of halogens is 3. The molecular weight excluding hydrogens is 321 g/mol. The lowest BCUT2D eigenvalue weighted by Crippen LogP contribution is -1.95. The summed E-state index contributed by atoms with van der Waals surface area (Å²) >= 11 is 0. The van der Waals surface area contributed by atoms with Crippen molar-refractivity contribution < 1.29 is 13.2 Å². The number of rotatable bonds is 4. The van der Waals surface area contributed by atoms with E-state index in [1.165, 1.54) is 36.2 Å². The predicted octanol–water partition coefficient (Wildman–Crippen LogP) is 6.17. The summed E-state index contributed by atoms with van der Waals surface area (Å²) in [5, 5.41) is 0. The third-order valence-corrected chi connectivity index (χ3v) is 4.45. The lowest BCUT2D eigenvalue weighted by atomic mass is 9.98. The van der Waals surface area contributed by atoms with E-state index in [1.807, 2.05) is 13.0 Å². The number of hydrogen-bond acceptors (Lipinski definition) is 0. The van der Waals surface area contributed by atoms with Crippen LogP contribution in [-0.2, 0) is 12.8 Å². The Bertz CT molecular complexity index is 873. The van der Waals surface area contributed by atoms with Gasteiger partial charge in [-0.1, -0.05) is 42.0 Å². The van der Waals surface area contributed by atoms with E-state index in [9.17, 15) is 13.2 Å². The molecule has 0 radical (unpaired) electrons. The van der Waals surface area contributed by atoms with Crippen LogP contribution in [0.1, 0.15) is 22.3 Å². The predicted molar refractivity (Wildman–Crippen MR) is 95.1 cm³/mol. The number of benzene rings is 3. The maximum absolute atomic E-state index is 14.4. The Hall–Kier alpha value is -2.55. The molecule has 0 N–H and O–H groups in total. The molecule has 0 aliphatic heterocycles. The van der Waals surface area contributed by atoms with Crippen molar-refractivity contribution in [2.75, 3.05) is 0 Å². The second-order valence-electron chi connectivity index (χ2n) is 6.36. The third kappa shape index (κ3) is 3.93. The van der Waals surface area contributed by atoms with Crippen LogP contribution in [0.25, 0.3) is 11.1 Å². The monoisotopic (exact) mass is 340 g/mol. The van der Waals surface area contributed by atoms with Gasteiger partial charge in [0.25, 0.3) is 0 Å². The zero-order valence-corrected chi connectivity index (χ0v) is 14.2. The van der Waals surface area contributed by atoms with Crippen LogP contribution in [0, 0.1) is 31.3 Å². The highest BCUT2D eigenvalue weighted by molar-refractivity contribution is 5.65. The summed E-state index contributed by atoms with van der Waals surface area (Å²) in [5.74, 6) is -1.81. The van der Waals surface area contributed by atoms with Gasteiger partial charge in [-0.05, 0) is 61.6 Å². The Morgan fingerprint density at radius 1 is 0.640 bits per heavy atom. The molecule has 3 heteroatoms. The SMILES string of the molecule is Cc1ccc(CCc2ccc(-c3cc(F)c(C)c(F)c3)c(F)c2)cc1. The fourth-order valence-electron chi connectivity index (χ4n) is 2.79. The summed E-state index contributed by atoms with van der Waals surface area (Å²) < 4.78 is 41.9. The molecule has 0 fully saturated rings. The van der Waals surface area contributed by atoms with Crippen LogP contribution in [0.3, 0.4) is 0 Å². The van der Waals surface area contributed by atoms with Gasteiger partial charge in [0.05, 0.1) is 0 Å². The maximum atomic E-state index is 14.4. The zero-order valence-electron chi connectivity index (χ0n) is 14.2. The molecule has 0 aliphatic rings. The highest BCUT2D eigenvalue weighted by atomic mass is 19.1. The Balaban J connectivity index is 1.80. The van der Waals surface area contributed by atoms with Crippen molar-refractivity contribution in [2.45, 2.75) is 26.7 Å². The fraction of sp³-hybridized carbons (Fsp3) is 0.182. The van der Waals surface area contributed by atoms with Gasteiger partial charge in [0.15, 0.2) is 0 Å². The van der Waals surface area contributed by atoms with Crippen molar-refractivity contribution >= 4 is 0 Å². The molecule has 0 saturated carbocycles. The van der Waals surface area contributed by atoms with Gasteiger partial charge in [0.2, 0.25) is 0 Å². The average molecular weight is 340 g/mol. The molecule has 0 heterocycles. The molecule has 25 heavy (non-hydrogen) atoms. The fourth-order valence-corrected chi connectivity index (χ4v) is 2.79. The van der Waals surface area contributed by atoms with E-state index < -0.39 is 17.5 Å². The van der Waals surface area contributed by atoms with Gasteiger partial charge in [-0.3, -0.25) is 0 Å². The molecule has 3 rings (SSSR count). The topological polar surface area (TPSA) is 0 Å². The zero-order chi connectivity index (χ0) is 18.0. The van der Waals surface area contributed by atoms with Crippen molar-refractivity contribution in [3.05, 3.63) is 94.3 Å². The first-order valence-corrected chi connectivity index (χ1v) is 8.24. The number of aryl methyl sites for hydroxylation is 3. The van der Waals surface area contributed by atoms with E-state index in [1.54, 1.807) is 6.07 Å². The van der Waals surface area contributed by atoms with Crippen LogP contribution >= 0.6 is 0 Å². The van der Waals surface area contributed by atoms with Gasteiger partial charge < -0.3 is 0 Å². The summed E-state index contributed by atoms with van der Waals surface area (Å²) in [5.41, 5.74) is 3.61. The van der Waals surface area contributed by atoms with Gasteiger partial charge in [-0.15, -0.1) is 0 Å². The summed E-state index contributed by atoms with van der Waals surface area (Å²) in [6.45, 7) is 3.40. The molecule has 0 bridgehead atoms. The standard InChI is InChI=1S/C22H19F3/c1-14-3-5-16(6-4-14)7-8-17-9-10-19(22(25)11-17)18-12-20(23)15(2)21(24)13-18/h3-6,9-13H,7-8H2,1-2H3. The third-order valence-electron chi connectivity index (χ3n) is 4.45. The Morgan fingerprint density at radius 2 is 1.20 bits per heavy atom. The van der Waals surface area contributed by atoms with Crippen LogP contribution < -0.4 is 0 Å². The first-order chi connectivity index (χ1) is 11.9. The molecule has 3 aromatic rings. The molecule has 0 aliphatic carbocycles. The van der Waals surface area contributed by atoms with Gasteiger partial charge >= 0.3 is 0 Å². The summed E-state index contributed by atoms with van der Waals surface area (Å²) in [4.78, 5) is 0. The Kier molecular flexibility index (Phi) is 4.93. The van der Waals surface area contributed by atoms with E-state index >= 15 is 0 Å². The van der Waals surface area contributed by atoms with E-state index in [-0.39, 0.29) is 16.7 Å². The molecule has 0 saturated heterocycles. The van der Waals surface area contributed by atoms with Crippen molar-refractivity contribution in [3.63, 3.8) is 0 Å². The minimum Gasteiger partial charge on any atom is -0.207 e. The Morgan fingerprint density at radius 3 is 1.80 bits per heavy atom. The molecule has 0 aromatic heterocycles. The van der Waals surface area contributed by atoms with Crippen molar-refractivity contribution in [3.8, 4) is 11.1 Å². The molecule has 0 unspecified atom stereocenters. The second kappa shape index (κ2) is 7.14. The quantitative estimate of drug-likeness (QED) is 0.532. The highest BCUT2D eigenvalue weighted by Crippen LogP contribution is 2.27. The second-order valence-corrected chi connectivity index (χ2v) is 6.36. The first-order valence-electron chi connectivity index (χ1n) is 8.24. The summed E-state index contributed by atoms with van der Waals surface area (Å²) in [6, 6.07) is 15.4. The van der Waals surface area contributed by atoms with E-state index in [2.05, 4.69) is 24.3 Å². The van der Waals surface area contributed by atoms with Gasteiger partial charge in [-0.25, -0.2) is 13.2 Å². The Labute approximate surface area is 146 Å². The lowest BCUT2D eigenvalue weighted by molar-refractivity contribution is 0.568. The van der Waals surface area contributed by atoms with E-state index in [4.69, 9.17) is 0 Å². The molecule has 0 amide bonds.